The first kappa shape index (κ1) is 14.9. The summed E-state index contributed by atoms with van der Waals surface area (Å²) in [5.41, 5.74) is 8.02. The molecule has 0 bridgehead atoms. The number of para-hydroxylation sites is 1. The van der Waals surface area contributed by atoms with Gasteiger partial charge in [0.15, 0.2) is 0 Å². The van der Waals surface area contributed by atoms with Crippen LogP contribution in [0.15, 0.2) is 46.9 Å². The van der Waals surface area contributed by atoms with Crippen molar-refractivity contribution in [2.24, 2.45) is 5.73 Å². The van der Waals surface area contributed by atoms with E-state index in [2.05, 4.69) is 15.9 Å². The van der Waals surface area contributed by atoms with Crippen LogP contribution < -0.4 is 15.2 Å². The quantitative estimate of drug-likeness (QED) is 0.896. The molecule has 1 unspecified atom stereocenters. The minimum Gasteiger partial charge on any atom is -0.496 e. The average molecular weight is 336 g/mol. The van der Waals surface area contributed by atoms with Crippen molar-refractivity contribution in [2.75, 3.05) is 7.11 Å². The van der Waals surface area contributed by atoms with E-state index < -0.39 is 0 Å². The number of hydrogen-bond donors (Lipinski definition) is 1. The first-order valence-corrected chi connectivity index (χ1v) is 7.21. The Morgan fingerprint density at radius 2 is 1.90 bits per heavy atom. The van der Waals surface area contributed by atoms with Gasteiger partial charge in [0.1, 0.15) is 18.1 Å². The minimum atomic E-state index is -0.0474. The van der Waals surface area contributed by atoms with Crippen molar-refractivity contribution in [3.8, 4) is 11.5 Å². The molecule has 1 atom stereocenters. The number of methoxy groups -OCH3 is 1. The summed E-state index contributed by atoms with van der Waals surface area (Å²) in [6.07, 6.45) is 0. The molecule has 0 aliphatic rings. The molecule has 20 heavy (non-hydrogen) atoms. The van der Waals surface area contributed by atoms with Crippen molar-refractivity contribution in [3.63, 3.8) is 0 Å². The molecule has 0 amide bonds. The third-order valence-corrected chi connectivity index (χ3v) is 3.64. The number of rotatable bonds is 5. The van der Waals surface area contributed by atoms with E-state index in [1.165, 1.54) is 0 Å². The van der Waals surface area contributed by atoms with Crippen molar-refractivity contribution in [1.29, 1.82) is 0 Å². The summed E-state index contributed by atoms with van der Waals surface area (Å²) < 4.78 is 12.0. The normalized spacial score (nSPS) is 12.0. The standard InChI is InChI=1S/C16H18BrNO2/c1-11(18)13-5-3-4-6-15(13)20-10-12-7-8-16(19-2)14(17)9-12/h3-9,11H,10,18H2,1-2H3. The Hall–Kier alpha value is -1.52. The maximum atomic E-state index is 5.94. The summed E-state index contributed by atoms with van der Waals surface area (Å²) in [6, 6.07) is 13.7. The average Bonchev–Trinajstić information content (AvgIpc) is 2.45. The SMILES string of the molecule is COc1ccc(COc2ccccc2C(C)N)cc1Br. The molecule has 2 aromatic carbocycles. The fourth-order valence-corrected chi connectivity index (χ4v) is 2.54. The molecule has 0 aliphatic carbocycles. The van der Waals surface area contributed by atoms with Crippen LogP contribution in [0.3, 0.4) is 0 Å². The highest BCUT2D eigenvalue weighted by Gasteiger charge is 2.08. The second kappa shape index (κ2) is 6.77. The number of nitrogens with two attached hydrogens (primary N) is 1. The molecule has 2 rings (SSSR count). The van der Waals surface area contributed by atoms with Gasteiger partial charge in [0, 0.05) is 11.6 Å². The van der Waals surface area contributed by atoms with E-state index in [0.717, 1.165) is 27.1 Å². The van der Waals surface area contributed by atoms with Crippen LogP contribution in [0.25, 0.3) is 0 Å². The van der Waals surface area contributed by atoms with Gasteiger partial charge in [0.2, 0.25) is 0 Å². The van der Waals surface area contributed by atoms with Crippen molar-refractivity contribution >= 4 is 15.9 Å². The molecule has 4 heteroatoms. The second-order valence-corrected chi connectivity index (χ2v) is 5.44. The second-order valence-electron chi connectivity index (χ2n) is 4.58. The lowest BCUT2D eigenvalue weighted by atomic mass is 10.1. The lowest BCUT2D eigenvalue weighted by Gasteiger charge is -2.14. The first-order valence-electron chi connectivity index (χ1n) is 6.41. The van der Waals surface area contributed by atoms with E-state index in [9.17, 15) is 0 Å². The molecular weight excluding hydrogens is 318 g/mol. The minimum absolute atomic E-state index is 0.0474. The lowest BCUT2D eigenvalue weighted by Crippen LogP contribution is -2.08. The molecule has 2 N–H and O–H groups in total. The molecule has 0 aromatic heterocycles. The van der Waals surface area contributed by atoms with Gasteiger partial charge in [-0.1, -0.05) is 24.3 Å². The Balaban J connectivity index is 2.11. The van der Waals surface area contributed by atoms with Crippen LogP contribution in [0.4, 0.5) is 0 Å². The molecule has 0 spiro atoms. The summed E-state index contributed by atoms with van der Waals surface area (Å²) >= 11 is 3.47. The van der Waals surface area contributed by atoms with Crippen LogP contribution in [0.1, 0.15) is 24.1 Å². The van der Waals surface area contributed by atoms with Gasteiger partial charge in [-0.2, -0.15) is 0 Å². The van der Waals surface area contributed by atoms with Gasteiger partial charge >= 0.3 is 0 Å². The van der Waals surface area contributed by atoms with E-state index >= 15 is 0 Å². The first-order chi connectivity index (χ1) is 9.61. The fraction of sp³-hybridized carbons (Fsp3) is 0.250. The van der Waals surface area contributed by atoms with Crippen molar-refractivity contribution in [3.05, 3.63) is 58.1 Å². The summed E-state index contributed by atoms with van der Waals surface area (Å²) in [6.45, 7) is 2.44. The molecule has 0 radical (unpaired) electrons. The van der Waals surface area contributed by atoms with Crippen LogP contribution in [0, 0.1) is 0 Å². The third kappa shape index (κ3) is 3.52. The molecule has 0 heterocycles. The van der Waals surface area contributed by atoms with E-state index in [0.29, 0.717) is 6.61 Å². The van der Waals surface area contributed by atoms with Crippen LogP contribution in [0.2, 0.25) is 0 Å². The number of ether oxygens (including phenoxy) is 2. The molecule has 0 fully saturated rings. The van der Waals surface area contributed by atoms with E-state index in [4.69, 9.17) is 15.2 Å². The predicted octanol–water partition coefficient (Wildman–Crippen LogP) is 4.06. The van der Waals surface area contributed by atoms with Gasteiger partial charge in [-0.05, 0) is 46.6 Å². The monoisotopic (exact) mass is 335 g/mol. The van der Waals surface area contributed by atoms with Crippen molar-refractivity contribution in [1.82, 2.24) is 0 Å². The number of hydrogen-bond acceptors (Lipinski definition) is 3. The van der Waals surface area contributed by atoms with Gasteiger partial charge in [-0.15, -0.1) is 0 Å². The topological polar surface area (TPSA) is 44.5 Å². The Kier molecular flexibility index (Phi) is 5.04. The zero-order chi connectivity index (χ0) is 14.5. The number of benzene rings is 2. The highest BCUT2D eigenvalue weighted by molar-refractivity contribution is 9.10. The Morgan fingerprint density at radius 1 is 1.15 bits per heavy atom. The third-order valence-electron chi connectivity index (χ3n) is 3.02. The molecular formula is C16H18BrNO2. The van der Waals surface area contributed by atoms with Crippen molar-refractivity contribution in [2.45, 2.75) is 19.6 Å². The molecule has 106 valence electrons. The molecule has 2 aromatic rings. The largest absolute Gasteiger partial charge is 0.496 e. The zero-order valence-electron chi connectivity index (χ0n) is 11.6. The van der Waals surface area contributed by atoms with E-state index in [1.54, 1.807) is 7.11 Å². The van der Waals surface area contributed by atoms with Gasteiger partial charge < -0.3 is 15.2 Å². The fourth-order valence-electron chi connectivity index (χ4n) is 1.95. The molecule has 0 saturated heterocycles. The van der Waals surface area contributed by atoms with E-state index in [1.807, 2.05) is 49.4 Å². The number of halogens is 1. The highest BCUT2D eigenvalue weighted by atomic mass is 79.9. The Bertz CT molecular complexity index is 584. The van der Waals surface area contributed by atoms with Crippen LogP contribution in [-0.4, -0.2) is 7.11 Å². The maximum Gasteiger partial charge on any atom is 0.133 e. The highest BCUT2D eigenvalue weighted by Crippen LogP contribution is 2.27. The summed E-state index contributed by atoms with van der Waals surface area (Å²) in [5, 5.41) is 0. The van der Waals surface area contributed by atoms with Gasteiger partial charge in [0.05, 0.1) is 11.6 Å². The summed E-state index contributed by atoms with van der Waals surface area (Å²) in [5.74, 6) is 1.64. The smallest absolute Gasteiger partial charge is 0.133 e. The Morgan fingerprint density at radius 3 is 2.55 bits per heavy atom. The molecule has 0 aliphatic heterocycles. The lowest BCUT2D eigenvalue weighted by molar-refractivity contribution is 0.301. The van der Waals surface area contributed by atoms with Gasteiger partial charge in [-0.25, -0.2) is 0 Å². The molecule has 3 nitrogen and oxygen atoms in total. The summed E-state index contributed by atoms with van der Waals surface area (Å²) in [4.78, 5) is 0. The predicted molar refractivity (Wildman–Crippen MR) is 84.1 cm³/mol. The van der Waals surface area contributed by atoms with Crippen LogP contribution in [0.5, 0.6) is 11.5 Å². The maximum absolute atomic E-state index is 5.94. The van der Waals surface area contributed by atoms with Crippen molar-refractivity contribution < 1.29 is 9.47 Å². The van der Waals surface area contributed by atoms with Gasteiger partial charge in [0.25, 0.3) is 0 Å². The van der Waals surface area contributed by atoms with E-state index in [-0.39, 0.29) is 6.04 Å². The van der Waals surface area contributed by atoms with Gasteiger partial charge in [-0.3, -0.25) is 0 Å². The van der Waals surface area contributed by atoms with Crippen LogP contribution in [-0.2, 0) is 6.61 Å². The Labute approximate surface area is 127 Å². The molecule has 0 saturated carbocycles. The van der Waals surface area contributed by atoms with Crippen LogP contribution >= 0.6 is 15.9 Å². The zero-order valence-corrected chi connectivity index (χ0v) is 13.2. The summed E-state index contributed by atoms with van der Waals surface area (Å²) in [7, 11) is 1.65.